The fourth-order valence-electron chi connectivity index (χ4n) is 2.93. The first-order chi connectivity index (χ1) is 14.6. The van der Waals surface area contributed by atoms with Crippen molar-refractivity contribution in [2.45, 2.75) is 19.4 Å². The Hall–Kier alpha value is -3.61. The van der Waals surface area contributed by atoms with Crippen molar-refractivity contribution in [1.29, 1.82) is 0 Å². The summed E-state index contributed by atoms with van der Waals surface area (Å²) >= 11 is 0. The lowest BCUT2D eigenvalue weighted by atomic mass is 10.1. The van der Waals surface area contributed by atoms with Gasteiger partial charge in [-0.1, -0.05) is 24.3 Å². The lowest BCUT2D eigenvalue weighted by Crippen LogP contribution is -2.28. The van der Waals surface area contributed by atoms with Gasteiger partial charge in [-0.2, -0.15) is 0 Å². The third-order valence-corrected chi connectivity index (χ3v) is 4.55. The van der Waals surface area contributed by atoms with E-state index in [1.54, 1.807) is 48.7 Å². The predicted octanol–water partition coefficient (Wildman–Crippen LogP) is 3.45. The molecule has 3 rings (SSSR count). The van der Waals surface area contributed by atoms with E-state index in [1.165, 1.54) is 0 Å². The Bertz CT molecular complexity index is 942. The molecule has 0 radical (unpaired) electrons. The molecule has 30 heavy (non-hydrogen) atoms. The van der Waals surface area contributed by atoms with Gasteiger partial charge in [-0.3, -0.25) is 9.59 Å². The zero-order chi connectivity index (χ0) is 21.2. The van der Waals surface area contributed by atoms with E-state index in [4.69, 9.17) is 4.74 Å². The number of carbonyl (C=O) groups is 2. The molecule has 1 heterocycles. The van der Waals surface area contributed by atoms with Crippen LogP contribution in [0.2, 0.25) is 0 Å². The van der Waals surface area contributed by atoms with E-state index >= 15 is 0 Å². The SMILES string of the molecule is CN(CCCOc1ccccc1)C(=O)c1cccc(NC(=O)CCn2ccnc2)c1. The molecule has 0 saturated carbocycles. The molecule has 0 aliphatic carbocycles. The predicted molar refractivity (Wildman–Crippen MR) is 115 cm³/mol. The molecule has 0 fully saturated rings. The maximum atomic E-state index is 12.7. The Kier molecular flexibility index (Phi) is 7.60. The highest BCUT2D eigenvalue weighted by molar-refractivity contribution is 5.97. The molecule has 1 N–H and O–H groups in total. The number of hydrogen-bond donors (Lipinski definition) is 1. The number of imidazole rings is 1. The van der Waals surface area contributed by atoms with Crippen LogP contribution in [-0.2, 0) is 11.3 Å². The van der Waals surface area contributed by atoms with Crippen molar-refractivity contribution in [3.8, 4) is 5.75 Å². The van der Waals surface area contributed by atoms with Gasteiger partial charge in [0.25, 0.3) is 5.91 Å². The molecule has 3 aromatic rings. The molecule has 0 spiro atoms. The summed E-state index contributed by atoms with van der Waals surface area (Å²) in [5, 5.41) is 2.85. The standard InChI is InChI=1S/C23H26N4O3/c1-26(13-6-16-30-21-9-3-2-4-10-21)23(29)19-7-5-8-20(17-19)25-22(28)11-14-27-15-12-24-18-27/h2-5,7-10,12,15,17-18H,6,11,13-14,16H2,1H3,(H,25,28). The van der Waals surface area contributed by atoms with Crippen LogP contribution in [0.1, 0.15) is 23.2 Å². The number of nitrogens with one attached hydrogen (secondary N) is 1. The highest BCUT2D eigenvalue weighted by Gasteiger charge is 2.12. The molecule has 0 saturated heterocycles. The van der Waals surface area contributed by atoms with Crippen LogP contribution in [0.5, 0.6) is 5.75 Å². The summed E-state index contributed by atoms with van der Waals surface area (Å²) in [6, 6.07) is 16.6. The molecule has 0 aliphatic heterocycles. The first kappa shape index (κ1) is 21.1. The summed E-state index contributed by atoms with van der Waals surface area (Å²) in [5.74, 6) is 0.618. The van der Waals surface area contributed by atoms with Gasteiger partial charge in [-0.05, 0) is 36.8 Å². The number of aromatic nitrogens is 2. The van der Waals surface area contributed by atoms with Crippen molar-refractivity contribution in [1.82, 2.24) is 14.5 Å². The molecule has 1 aromatic heterocycles. The van der Waals surface area contributed by atoms with E-state index in [2.05, 4.69) is 10.3 Å². The van der Waals surface area contributed by atoms with Gasteiger partial charge in [0.1, 0.15) is 5.75 Å². The lowest BCUT2D eigenvalue weighted by Gasteiger charge is -2.18. The number of rotatable bonds is 10. The van der Waals surface area contributed by atoms with Gasteiger partial charge in [-0.15, -0.1) is 0 Å². The van der Waals surface area contributed by atoms with Crippen molar-refractivity contribution >= 4 is 17.5 Å². The summed E-state index contributed by atoms with van der Waals surface area (Å²) in [7, 11) is 1.77. The third kappa shape index (κ3) is 6.48. The van der Waals surface area contributed by atoms with Crippen molar-refractivity contribution < 1.29 is 14.3 Å². The second-order valence-corrected chi connectivity index (χ2v) is 6.92. The largest absolute Gasteiger partial charge is 0.494 e. The Balaban J connectivity index is 1.45. The van der Waals surface area contributed by atoms with Gasteiger partial charge in [0, 0.05) is 50.2 Å². The van der Waals surface area contributed by atoms with Gasteiger partial charge >= 0.3 is 0 Å². The van der Waals surface area contributed by atoms with Crippen LogP contribution in [0.4, 0.5) is 5.69 Å². The number of hydrogen-bond acceptors (Lipinski definition) is 4. The first-order valence-corrected chi connectivity index (χ1v) is 9.91. The number of carbonyl (C=O) groups excluding carboxylic acids is 2. The fourth-order valence-corrected chi connectivity index (χ4v) is 2.93. The minimum Gasteiger partial charge on any atom is -0.494 e. The summed E-state index contributed by atoms with van der Waals surface area (Å²) in [6.45, 7) is 1.67. The van der Waals surface area contributed by atoms with Gasteiger partial charge in [0.2, 0.25) is 5.91 Å². The van der Waals surface area contributed by atoms with Crippen LogP contribution in [0.3, 0.4) is 0 Å². The molecule has 7 heteroatoms. The molecule has 0 atom stereocenters. The lowest BCUT2D eigenvalue weighted by molar-refractivity contribution is -0.116. The van der Waals surface area contributed by atoms with E-state index in [9.17, 15) is 9.59 Å². The van der Waals surface area contributed by atoms with Gasteiger partial charge in [0.05, 0.1) is 12.9 Å². The number of benzene rings is 2. The molecule has 0 bridgehead atoms. The van der Waals surface area contributed by atoms with Gasteiger partial charge in [-0.25, -0.2) is 4.98 Å². The maximum absolute atomic E-state index is 12.7. The Morgan fingerprint density at radius 3 is 2.73 bits per heavy atom. The van der Waals surface area contributed by atoms with E-state index < -0.39 is 0 Å². The average molecular weight is 406 g/mol. The topological polar surface area (TPSA) is 76.5 Å². The van der Waals surface area contributed by atoms with E-state index in [1.807, 2.05) is 41.1 Å². The minimum atomic E-state index is -0.111. The Morgan fingerprint density at radius 1 is 1.13 bits per heavy atom. The average Bonchev–Trinajstić information content (AvgIpc) is 3.29. The zero-order valence-corrected chi connectivity index (χ0v) is 17.0. The molecule has 7 nitrogen and oxygen atoms in total. The van der Waals surface area contributed by atoms with Crippen molar-refractivity contribution in [2.75, 3.05) is 25.5 Å². The number of aryl methyl sites for hydroxylation is 1. The van der Waals surface area contributed by atoms with Crippen LogP contribution in [0.15, 0.2) is 73.3 Å². The van der Waals surface area contributed by atoms with Crippen LogP contribution in [0, 0.1) is 0 Å². The molecule has 156 valence electrons. The molecule has 0 aliphatic rings. The number of nitrogens with zero attached hydrogens (tertiary/aromatic N) is 3. The smallest absolute Gasteiger partial charge is 0.253 e. The molecule has 0 unspecified atom stereocenters. The number of anilines is 1. The first-order valence-electron chi connectivity index (χ1n) is 9.91. The molecular formula is C23H26N4O3. The maximum Gasteiger partial charge on any atom is 0.253 e. The fraction of sp³-hybridized carbons (Fsp3) is 0.261. The van der Waals surface area contributed by atoms with E-state index in [0.29, 0.717) is 37.4 Å². The third-order valence-electron chi connectivity index (χ3n) is 4.55. The van der Waals surface area contributed by atoms with Crippen LogP contribution >= 0.6 is 0 Å². The Labute approximate surface area is 176 Å². The van der Waals surface area contributed by atoms with Crippen molar-refractivity contribution in [3.63, 3.8) is 0 Å². The molecule has 2 amide bonds. The summed E-state index contributed by atoms with van der Waals surface area (Å²) in [6.07, 6.45) is 6.22. The quantitative estimate of drug-likeness (QED) is 0.523. The van der Waals surface area contributed by atoms with E-state index in [-0.39, 0.29) is 11.8 Å². The Morgan fingerprint density at radius 2 is 1.97 bits per heavy atom. The van der Waals surface area contributed by atoms with Crippen LogP contribution in [0.25, 0.3) is 0 Å². The number of amides is 2. The van der Waals surface area contributed by atoms with Gasteiger partial charge in [0.15, 0.2) is 0 Å². The van der Waals surface area contributed by atoms with Crippen LogP contribution in [-0.4, -0.2) is 46.5 Å². The normalized spacial score (nSPS) is 10.4. The molecule has 2 aromatic carbocycles. The number of ether oxygens (including phenoxy) is 1. The monoisotopic (exact) mass is 406 g/mol. The zero-order valence-electron chi connectivity index (χ0n) is 17.0. The molecular weight excluding hydrogens is 380 g/mol. The summed E-state index contributed by atoms with van der Waals surface area (Å²) in [4.78, 5) is 30.5. The van der Waals surface area contributed by atoms with E-state index in [0.717, 1.165) is 12.2 Å². The highest BCUT2D eigenvalue weighted by atomic mass is 16.5. The summed E-state index contributed by atoms with van der Waals surface area (Å²) in [5.41, 5.74) is 1.14. The van der Waals surface area contributed by atoms with Crippen molar-refractivity contribution in [2.24, 2.45) is 0 Å². The second-order valence-electron chi connectivity index (χ2n) is 6.92. The van der Waals surface area contributed by atoms with Gasteiger partial charge < -0.3 is 19.5 Å². The summed E-state index contributed by atoms with van der Waals surface area (Å²) < 4.78 is 7.51. The number of para-hydroxylation sites is 1. The van der Waals surface area contributed by atoms with Crippen molar-refractivity contribution in [3.05, 3.63) is 78.9 Å². The highest BCUT2D eigenvalue weighted by Crippen LogP contribution is 2.14. The van der Waals surface area contributed by atoms with Crippen LogP contribution < -0.4 is 10.1 Å². The minimum absolute atomic E-state index is 0.0933. The second kappa shape index (κ2) is 10.8.